The molecule has 0 aliphatic carbocycles. The highest BCUT2D eigenvalue weighted by molar-refractivity contribution is 9.10. The van der Waals surface area contributed by atoms with Crippen LogP contribution in [0.1, 0.15) is 12.5 Å². The third-order valence-electron chi connectivity index (χ3n) is 2.92. The lowest BCUT2D eigenvalue weighted by molar-refractivity contribution is -0.0972. The first-order valence-electron chi connectivity index (χ1n) is 5.90. The van der Waals surface area contributed by atoms with Gasteiger partial charge in [-0.25, -0.2) is 0 Å². The van der Waals surface area contributed by atoms with Crippen LogP contribution in [0, 0.1) is 0 Å². The summed E-state index contributed by atoms with van der Waals surface area (Å²) in [4.78, 5) is 2.33. The summed E-state index contributed by atoms with van der Waals surface area (Å²) >= 11 is 3.43. The predicted molar refractivity (Wildman–Crippen MR) is 70.8 cm³/mol. The van der Waals surface area contributed by atoms with Crippen molar-refractivity contribution in [3.8, 4) is 0 Å². The van der Waals surface area contributed by atoms with E-state index in [1.807, 2.05) is 0 Å². The van der Waals surface area contributed by atoms with Crippen LogP contribution in [0.2, 0.25) is 0 Å². The minimum absolute atomic E-state index is 0.0470. The number of halogens is 1. The number of benzene rings is 1. The van der Waals surface area contributed by atoms with E-state index in [1.54, 1.807) is 0 Å². The Bertz CT molecular complexity index is 355. The average molecular weight is 300 g/mol. The Kier molecular flexibility index (Phi) is 4.56. The van der Waals surface area contributed by atoms with E-state index in [4.69, 9.17) is 4.74 Å². The van der Waals surface area contributed by atoms with Crippen molar-refractivity contribution in [3.05, 3.63) is 34.3 Å². The van der Waals surface area contributed by atoms with Gasteiger partial charge in [0.2, 0.25) is 0 Å². The maximum Gasteiger partial charge on any atom is 0.0936 e. The normalized spacial score (nSPS) is 26.1. The lowest BCUT2D eigenvalue weighted by Gasteiger charge is -2.36. The van der Waals surface area contributed by atoms with Crippen molar-refractivity contribution in [2.45, 2.75) is 25.7 Å². The molecule has 94 valence electrons. The van der Waals surface area contributed by atoms with Crippen LogP contribution in [0.25, 0.3) is 0 Å². The van der Waals surface area contributed by atoms with Crippen LogP contribution in [-0.4, -0.2) is 41.9 Å². The molecule has 0 spiro atoms. The van der Waals surface area contributed by atoms with E-state index in [1.165, 1.54) is 5.56 Å². The molecule has 0 amide bonds. The molecule has 1 heterocycles. The fourth-order valence-electron chi connectivity index (χ4n) is 2.22. The van der Waals surface area contributed by atoms with Crippen molar-refractivity contribution in [2.75, 3.05) is 19.7 Å². The molecule has 1 fully saturated rings. The molecule has 2 atom stereocenters. The zero-order chi connectivity index (χ0) is 12.3. The minimum atomic E-state index is -0.0470. The molecule has 17 heavy (non-hydrogen) atoms. The Labute approximate surface area is 111 Å². The maximum absolute atomic E-state index is 9.17. The highest BCUT2D eigenvalue weighted by Gasteiger charge is 2.24. The van der Waals surface area contributed by atoms with Crippen LogP contribution in [-0.2, 0) is 11.3 Å². The number of rotatable bonds is 3. The molecule has 1 saturated heterocycles. The van der Waals surface area contributed by atoms with Crippen molar-refractivity contribution in [1.82, 2.24) is 4.90 Å². The summed E-state index contributed by atoms with van der Waals surface area (Å²) in [6.45, 7) is 4.79. The number of aliphatic hydroxyl groups excluding tert-OH is 1. The van der Waals surface area contributed by atoms with Gasteiger partial charge in [0, 0.05) is 24.1 Å². The lowest BCUT2D eigenvalue weighted by atomic mass is 10.1. The number of aliphatic hydroxyl groups is 1. The molecular formula is C13H18BrNO2. The topological polar surface area (TPSA) is 32.7 Å². The molecule has 1 aromatic rings. The SMILES string of the molecule is CC1CN(Cc2ccc(Br)cc2)CC(CO)O1. The second kappa shape index (κ2) is 5.96. The summed E-state index contributed by atoms with van der Waals surface area (Å²) in [5.41, 5.74) is 1.29. The standard InChI is InChI=1S/C13H18BrNO2/c1-10-6-15(8-13(9-16)17-10)7-11-2-4-12(14)5-3-11/h2-5,10,13,16H,6-9H2,1H3. The molecule has 3 nitrogen and oxygen atoms in total. The fraction of sp³-hybridized carbons (Fsp3) is 0.538. The second-order valence-corrected chi connectivity index (χ2v) is 5.49. The smallest absolute Gasteiger partial charge is 0.0936 e. The highest BCUT2D eigenvalue weighted by atomic mass is 79.9. The molecular weight excluding hydrogens is 282 g/mol. The molecule has 0 radical (unpaired) electrons. The highest BCUT2D eigenvalue weighted by Crippen LogP contribution is 2.16. The van der Waals surface area contributed by atoms with Crippen LogP contribution in [0.4, 0.5) is 0 Å². The van der Waals surface area contributed by atoms with E-state index in [0.29, 0.717) is 0 Å². The Hall–Kier alpha value is -0.420. The van der Waals surface area contributed by atoms with Gasteiger partial charge in [0.15, 0.2) is 0 Å². The molecule has 1 aromatic carbocycles. The number of morpholine rings is 1. The molecule has 2 rings (SSSR count). The lowest BCUT2D eigenvalue weighted by Crippen LogP contribution is -2.47. The van der Waals surface area contributed by atoms with Crippen molar-refractivity contribution in [2.24, 2.45) is 0 Å². The van der Waals surface area contributed by atoms with Crippen LogP contribution < -0.4 is 0 Å². The van der Waals surface area contributed by atoms with Gasteiger partial charge in [-0.15, -0.1) is 0 Å². The van der Waals surface area contributed by atoms with Crippen LogP contribution in [0.15, 0.2) is 28.7 Å². The van der Waals surface area contributed by atoms with Crippen LogP contribution in [0.5, 0.6) is 0 Å². The van der Waals surface area contributed by atoms with Crippen molar-refractivity contribution >= 4 is 15.9 Å². The fourth-order valence-corrected chi connectivity index (χ4v) is 2.48. The first-order chi connectivity index (χ1) is 8.17. The third-order valence-corrected chi connectivity index (χ3v) is 3.45. The molecule has 1 aliphatic rings. The summed E-state index contributed by atoms with van der Waals surface area (Å²) < 4.78 is 6.73. The van der Waals surface area contributed by atoms with Gasteiger partial charge in [-0.2, -0.15) is 0 Å². The Morgan fingerprint density at radius 1 is 1.35 bits per heavy atom. The van der Waals surface area contributed by atoms with Gasteiger partial charge < -0.3 is 9.84 Å². The summed E-state index contributed by atoms with van der Waals surface area (Å²) in [6, 6.07) is 8.36. The van der Waals surface area contributed by atoms with E-state index < -0.39 is 0 Å². The first kappa shape index (κ1) is 13.0. The predicted octanol–water partition coefficient (Wildman–Crippen LogP) is 2.03. The van der Waals surface area contributed by atoms with Crippen molar-refractivity contribution in [1.29, 1.82) is 0 Å². The van der Waals surface area contributed by atoms with Gasteiger partial charge in [0.25, 0.3) is 0 Å². The molecule has 4 heteroatoms. The van der Waals surface area contributed by atoms with E-state index in [0.717, 1.165) is 24.1 Å². The minimum Gasteiger partial charge on any atom is -0.394 e. The number of hydrogen-bond donors (Lipinski definition) is 1. The molecule has 0 bridgehead atoms. The Morgan fingerprint density at radius 2 is 2.06 bits per heavy atom. The molecule has 2 unspecified atom stereocenters. The second-order valence-electron chi connectivity index (χ2n) is 4.57. The van der Waals surface area contributed by atoms with Gasteiger partial charge in [-0.3, -0.25) is 4.90 Å². The Morgan fingerprint density at radius 3 is 2.71 bits per heavy atom. The molecule has 1 N–H and O–H groups in total. The van der Waals surface area contributed by atoms with Crippen molar-refractivity contribution in [3.63, 3.8) is 0 Å². The molecule has 1 aliphatic heterocycles. The van der Waals surface area contributed by atoms with Gasteiger partial charge in [0.05, 0.1) is 18.8 Å². The summed E-state index contributed by atoms with van der Waals surface area (Å²) in [6.07, 6.45) is 0.144. The zero-order valence-corrected chi connectivity index (χ0v) is 11.6. The van der Waals surface area contributed by atoms with Gasteiger partial charge in [0.1, 0.15) is 0 Å². The number of nitrogens with zero attached hydrogens (tertiary/aromatic N) is 1. The van der Waals surface area contributed by atoms with Gasteiger partial charge >= 0.3 is 0 Å². The summed E-state index contributed by atoms with van der Waals surface area (Å²) in [7, 11) is 0. The first-order valence-corrected chi connectivity index (χ1v) is 6.70. The monoisotopic (exact) mass is 299 g/mol. The Balaban J connectivity index is 1.95. The van der Waals surface area contributed by atoms with E-state index in [9.17, 15) is 5.11 Å². The quantitative estimate of drug-likeness (QED) is 0.927. The van der Waals surface area contributed by atoms with E-state index >= 15 is 0 Å². The largest absolute Gasteiger partial charge is 0.394 e. The molecule has 0 aromatic heterocycles. The van der Waals surface area contributed by atoms with Crippen LogP contribution in [0.3, 0.4) is 0 Å². The van der Waals surface area contributed by atoms with Crippen molar-refractivity contribution < 1.29 is 9.84 Å². The van der Waals surface area contributed by atoms with Gasteiger partial charge in [-0.1, -0.05) is 28.1 Å². The van der Waals surface area contributed by atoms with Gasteiger partial charge in [-0.05, 0) is 24.6 Å². The summed E-state index contributed by atoms with van der Waals surface area (Å²) in [5, 5.41) is 9.17. The third kappa shape index (κ3) is 3.78. The zero-order valence-electron chi connectivity index (χ0n) is 9.97. The maximum atomic E-state index is 9.17. The number of hydrogen-bond acceptors (Lipinski definition) is 3. The van der Waals surface area contributed by atoms with Crippen LogP contribution >= 0.6 is 15.9 Å². The van der Waals surface area contributed by atoms with E-state index in [-0.39, 0.29) is 18.8 Å². The number of ether oxygens (including phenoxy) is 1. The summed E-state index contributed by atoms with van der Waals surface area (Å²) in [5.74, 6) is 0. The average Bonchev–Trinajstić information content (AvgIpc) is 2.31. The van der Waals surface area contributed by atoms with E-state index in [2.05, 4.69) is 52.0 Å². The molecule has 0 saturated carbocycles.